The third-order valence-corrected chi connectivity index (χ3v) is 6.63. The lowest BCUT2D eigenvalue weighted by atomic mass is 10.2. The number of carbonyl (C=O) groups is 1. The third-order valence-electron chi connectivity index (χ3n) is 4.49. The Hall–Kier alpha value is -2.00. The minimum absolute atomic E-state index is 0.0281. The van der Waals surface area contributed by atoms with Crippen molar-refractivity contribution in [2.75, 3.05) is 38.0 Å². The van der Waals surface area contributed by atoms with Crippen molar-refractivity contribution in [3.05, 3.63) is 64.9 Å². The minimum atomic E-state index is -3.39. The molecule has 28 heavy (non-hydrogen) atoms. The molecule has 2 aromatic rings. The molecule has 1 aliphatic rings. The summed E-state index contributed by atoms with van der Waals surface area (Å²) in [7, 11) is -3.39. The third kappa shape index (κ3) is 5.51. The molecule has 0 bridgehead atoms. The first-order valence-corrected chi connectivity index (χ1v) is 10.8. The Kier molecular flexibility index (Phi) is 6.66. The summed E-state index contributed by atoms with van der Waals surface area (Å²) in [6, 6.07) is 13.0. The van der Waals surface area contributed by atoms with Crippen molar-refractivity contribution >= 4 is 33.2 Å². The van der Waals surface area contributed by atoms with Gasteiger partial charge in [0.1, 0.15) is 5.82 Å². The molecule has 0 saturated carbocycles. The summed E-state index contributed by atoms with van der Waals surface area (Å²) < 4.78 is 39.8. The number of hydrogen-bond acceptors (Lipinski definition) is 4. The second-order valence-electron chi connectivity index (χ2n) is 6.59. The zero-order chi connectivity index (χ0) is 20.1. The molecule has 6 nitrogen and oxygen atoms in total. The predicted molar refractivity (Wildman–Crippen MR) is 107 cm³/mol. The monoisotopic (exact) mass is 425 g/mol. The van der Waals surface area contributed by atoms with Gasteiger partial charge in [-0.2, -0.15) is 4.31 Å². The van der Waals surface area contributed by atoms with Gasteiger partial charge in [0.2, 0.25) is 15.9 Å². The molecule has 1 aliphatic heterocycles. The largest absolute Gasteiger partial charge is 0.325 e. The van der Waals surface area contributed by atoms with Crippen LogP contribution in [0.5, 0.6) is 0 Å². The van der Waals surface area contributed by atoms with Gasteiger partial charge in [0.25, 0.3) is 0 Å². The van der Waals surface area contributed by atoms with Crippen molar-refractivity contribution in [1.82, 2.24) is 9.21 Å². The summed E-state index contributed by atoms with van der Waals surface area (Å²) in [5, 5.41) is 2.61. The molecule has 0 atom stereocenters. The Labute approximate surface area is 168 Å². The highest BCUT2D eigenvalue weighted by Gasteiger charge is 2.27. The number of rotatable bonds is 6. The number of amides is 1. The van der Waals surface area contributed by atoms with Crippen molar-refractivity contribution in [3.63, 3.8) is 0 Å². The zero-order valence-corrected chi connectivity index (χ0v) is 16.7. The van der Waals surface area contributed by atoms with E-state index in [0.29, 0.717) is 31.9 Å². The molecule has 0 radical (unpaired) electrons. The number of hydrogen-bond donors (Lipinski definition) is 1. The Morgan fingerprint density at radius 3 is 2.39 bits per heavy atom. The molecule has 0 spiro atoms. The molecule has 3 rings (SSSR count). The molecular weight excluding hydrogens is 405 g/mol. The van der Waals surface area contributed by atoms with Crippen LogP contribution < -0.4 is 5.32 Å². The second-order valence-corrected chi connectivity index (χ2v) is 8.97. The van der Waals surface area contributed by atoms with Crippen molar-refractivity contribution in [2.24, 2.45) is 0 Å². The van der Waals surface area contributed by atoms with Crippen LogP contribution in [-0.2, 0) is 20.6 Å². The minimum Gasteiger partial charge on any atom is -0.325 e. The molecule has 0 aromatic heterocycles. The van der Waals surface area contributed by atoms with E-state index in [1.165, 1.54) is 22.5 Å². The van der Waals surface area contributed by atoms with Gasteiger partial charge in [-0.3, -0.25) is 9.69 Å². The number of halogens is 2. The zero-order valence-electron chi connectivity index (χ0n) is 15.1. The van der Waals surface area contributed by atoms with Crippen molar-refractivity contribution in [1.29, 1.82) is 0 Å². The second kappa shape index (κ2) is 9.00. The molecule has 150 valence electrons. The summed E-state index contributed by atoms with van der Waals surface area (Å²) >= 11 is 5.71. The van der Waals surface area contributed by atoms with E-state index in [1.54, 1.807) is 12.1 Å². The lowest BCUT2D eigenvalue weighted by Gasteiger charge is -2.33. The molecule has 1 amide bonds. The summed E-state index contributed by atoms with van der Waals surface area (Å²) in [5.41, 5.74) is 1.17. The molecular formula is C19H21ClFN3O3S. The van der Waals surface area contributed by atoms with Gasteiger partial charge in [-0.25, -0.2) is 12.8 Å². The number of benzene rings is 2. The Morgan fingerprint density at radius 1 is 1.07 bits per heavy atom. The van der Waals surface area contributed by atoms with Crippen LogP contribution in [0, 0.1) is 5.82 Å². The van der Waals surface area contributed by atoms with E-state index in [1.807, 2.05) is 23.1 Å². The standard InChI is InChI=1S/C19H21ClFN3O3S/c20-17-12-16(6-7-18(17)21)22-19(25)13-23-8-10-24(11-9-23)28(26,27)14-15-4-2-1-3-5-15/h1-7,12H,8-11,13-14H2,(H,22,25). The van der Waals surface area contributed by atoms with Gasteiger partial charge in [-0.05, 0) is 23.8 Å². The van der Waals surface area contributed by atoms with E-state index in [2.05, 4.69) is 5.32 Å². The first-order chi connectivity index (χ1) is 13.3. The first kappa shape index (κ1) is 20.7. The van der Waals surface area contributed by atoms with E-state index >= 15 is 0 Å². The molecule has 1 heterocycles. The molecule has 0 aliphatic carbocycles. The number of carbonyl (C=O) groups excluding carboxylic acids is 1. The van der Waals surface area contributed by atoms with Gasteiger partial charge in [0.15, 0.2) is 0 Å². The van der Waals surface area contributed by atoms with Crippen molar-refractivity contribution < 1.29 is 17.6 Å². The maximum atomic E-state index is 13.2. The van der Waals surface area contributed by atoms with E-state index in [9.17, 15) is 17.6 Å². The number of nitrogens with one attached hydrogen (secondary N) is 1. The fourth-order valence-corrected chi connectivity index (χ4v) is 4.72. The average molecular weight is 426 g/mol. The van der Waals surface area contributed by atoms with Crippen LogP contribution in [0.15, 0.2) is 48.5 Å². The Bertz CT molecular complexity index is 933. The summed E-state index contributed by atoms with van der Waals surface area (Å²) in [6.07, 6.45) is 0. The van der Waals surface area contributed by atoms with Gasteiger partial charge < -0.3 is 5.32 Å². The van der Waals surface area contributed by atoms with Gasteiger partial charge in [-0.1, -0.05) is 41.9 Å². The normalized spacial score (nSPS) is 16.1. The number of sulfonamides is 1. The lowest BCUT2D eigenvalue weighted by Crippen LogP contribution is -2.50. The molecule has 0 unspecified atom stereocenters. The molecule has 1 saturated heterocycles. The Morgan fingerprint density at radius 2 is 1.75 bits per heavy atom. The van der Waals surface area contributed by atoms with Crippen LogP contribution in [0.1, 0.15) is 5.56 Å². The van der Waals surface area contributed by atoms with E-state index in [4.69, 9.17) is 11.6 Å². The molecule has 1 N–H and O–H groups in total. The highest BCUT2D eigenvalue weighted by Crippen LogP contribution is 2.19. The van der Waals surface area contributed by atoms with Gasteiger partial charge >= 0.3 is 0 Å². The quantitative estimate of drug-likeness (QED) is 0.772. The number of anilines is 1. The van der Waals surface area contributed by atoms with Gasteiger partial charge in [0.05, 0.1) is 17.3 Å². The van der Waals surface area contributed by atoms with Crippen LogP contribution in [-0.4, -0.2) is 56.3 Å². The number of nitrogens with zero attached hydrogens (tertiary/aromatic N) is 2. The van der Waals surface area contributed by atoms with Crippen LogP contribution in [0.2, 0.25) is 5.02 Å². The summed E-state index contributed by atoms with van der Waals surface area (Å²) in [6.45, 7) is 1.73. The summed E-state index contributed by atoms with van der Waals surface area (Å²) in [5.74, 6) is -0.838. The maximum absolute atomic E-state index is 13.2. The van der Waals surface area contributed by atoms with Gasteiger partial charge in [0, 0.05) is 31.9 Å². The van der Waals surface area contributed by atoms with Crippen LogP contribution in [0.4, 0.5) is 10.1 Å². The topological polar surface area (TPSA) is 69.7 Å². The summed E-state index contributed by atoms with van der Waals surface area (Å²) in [4.78, 5) is 14.1. The fourth-order valence-electron chi connectivity index (χ4n) is 3.02. The predicted octanol–water partition coefficient (Wildman–Crippen LogP) is 2.57. The van der Waals surface area contributed by atoms with Crippen LogP contribution in [0.3, 0.4) is 0 Å². The fraction of sp³-hybridized carbons (Fsp3) is 0.316. The first-order valence-electron chi connectivity index (χ1n) is 8.82. The van der Waals surface area contributed by atoms with Gasteiger partial charge in [-0.15, -0.1) is 0 Å². The SMILES string of the molecule is O=C(CN1CCN(S(=O)(=O)Cc2ccccc2)CC1)Nc1ccc(F)c(Cl)c1. The maximum Gasteiger partial charge on any atom is 0.238 e. The van der Waals surface area contributed by atoms with E-state index < -0.39 is 15.8 Å². The number of piperazine rings is 1. The van der Waals surface area contributed by atoms with E-state index in [0.717, 1.165) is 5.56 Å². The lowest BCUT2D eigenvalue weighted by molar-refractivity contribution is -0.117. The van der Waals surface area contributed by atoms with Crippen molar-refractivity contribution in [3.8, 4) is 0 Å². The highest BCUT2D eigenvalue weighted by atomic mass is 35.5. The average Bonchev–Trinajstić information content (AvgIpc) is 2.65. The van der Waals surface area contributed by atoms with E-state index in [-0.39, 0.29) is 23.2 Å². The molecule has 9 heteroatoms. The molecule has 1 fully saturated rings. The van der Waals surface area contributed by atoms with Crippen LogP contribution >= 0.6 is 11.6 Å². The van der Waals surface area contributed by atoms with Crippen LogP contribution in [0.25, 0.3) is 0 Å². The highest BCUT2D eigenvalue weighted by molar-refractivity contribution is 7.88. The van der Waals surface area contributed by atoms with Crippen molar-refractivity contribution in [2.45, 2.75) is 5.75 Å². The Balaban J connectivity index is 1.49. The smallest absolute Gasteiger partial charge is 0.238 e. The molecule has 2 aromatic carbocycles.